The molecule has 0 fully saturated rings. The molecule has 0 radical (unpaired) electrons. The van der Waals surface area contributed by atoms with Gasteiger partial charge in [0.2, 0.25) is 0 Å². The van der Waals surface area contributed by atoms with Crippen LogP contribution in [0.3, 0.4) is 0 Å². The summed E-state index contributed by atoms with van der Waals surface area (Å²) in [5.41, 5.74) is 1.10. The minimum absolute atomic E-state index is 0.120. The van der Waals surface area contributed by atoms with E-state index in [2.05, 4.69) is 10.6 Å². The summed E-state index contributed by atoms with van der Waals surface area (Å²) in [5.74, 6) is 0.621. The van der Waals surface area contributed by atoms with E-state index in [1.165, 1.54) is 32.4 Å². The number of non-ortho nitro benzene ring substituents is 1. The van der Waals surface area contributed by atoms with Crippen LogP contribution in [0.2, 0.25) is 0 Å². The van der Waals surface area contributed by atoms with Crippen LogP contribution in [0.4, 0.5) is 11.4 Å². The highest BCUT2D eigenvalue weighted by molar-refractivity contribution is 6.00. The van der Waals surface area contributed by atoms with E-state index < -0.39 is 10.8 Å². The molecule has 0 aliphatic heterocycles. The maximum atomic E-state index is 12.7. The van der Waals surface area contributed by atoms with Gasteiger partial charge in [-0.3, -0.25) is 14.9 Å². The number of hydrogen-bond acceptors (Lipinski definition) is 7. The van der Waals surface area contributed by atoms with Crippen LogP contribution in [0.5, 0.6) is 11.5 Å². The van der Waals surface area contributed by atoms with Crippen molar-refractivity contribution in [2.75, 3.05) is 26.1 Å². The Labute approximate surface area is 162 Å². The van der Waals surface area contributed by atoms with E-state index in [1.807, 2.05) is 0 Å². The predicted molar refractivity (Wildman–Crippen MR) is 104 cm³/mol. The molecule has 0 saturated heterocycles. The number of aliphatic hydroxyl groups excluding tert-OH is 1. The third kappa shape index (κ3) is 5.10. The monoisotopic (exact) mass is 389 g/mol. The number of ether oxygens (including phenoxy) is 2. The molecule has 2 aromatic carbocycles. The summed E-state index contributed by atoms with van der Waals surface area (Å²) in [6.07, 6.45) is 0. The number of hydrogen-bond donors (Lipinski definition) is 3. The van der Waals surface area contributed by atoms with Gasteiger partial charge in [-0.25, -0.2) is 0 Å². The molecule has 0 aliphatic rings. The SMILES string of the molecule is COc1ccc(CNC(=O)c2cc([N+](=O)[O-])ccc2N[C@H](C)CO)cc1OC. The molecule has 0 aliphatic carbocycles. The Morgan fingerprint density at radius 3 is 2.50 bits per heavy atom. The van der Waals surface area contributed by atoms with Gasteiger partial charge in [-0.1, -0.05) is 6.07 Å². The number of nitrogens with zero attached hydrogens (tertiary/aromatic N) is 1. The van der Waals surface area contributed by atoms with Crippen LogP contribution in [0.1, 0.15) is 22.8 Å². The van der Waals surface area contributed by atoms with E-state index in [9.17, 15) is 20.0 Å². The summed E-state index contributed by atoms with van der Waals surface area (Å²) in [4.78, 5) is 23.2. The molecule has 9 nitrogen and oxygen atoms in total. The quantitative estimate of drug-likeness (QED) is 0.444. The number of anilines is 1. The average Bonchev–Trinajstić information content (AvgIpc) is 2.71. The van der Waals surface area contributed by atoms with Crippen molar-refractivity contribution < 1.29 is 24.3 Å². The Bertz CT molecular complexity index is 856. The summed E-state index contributed by atoms with van der Waals surface area (Å²) in [6.45, 7) is 1.77. The summed E-state index contributed by atoms with van der Waals surface area (Å²) in [7, 11) is 3.05. The zero-order valence-electron chi connectivity index (χ0n) is 15.9. The normalized spacial score (nSPS) is 11.4. The van der Waals surface area contributed by atoms with Crippen LogP contribution in [-0.2, 0) is 6.54 Å². The Balaban J connectivity index is 2.22. The number of benzene rings is 2. The Kier molecular flexibility index (Phi) is 7.16. The van der Waals surface area contributed by atoms with Crippen molar-refractivity contribution >= 4 is 17.3 Å². The van der Waals surface area contributed by atoms with Crippen molar-refractivity contribution in [1.29, 1.82) is 0 Å². The first kappa shape index (κ1) is 21.0. The van der Waals surface area contributed by atoms with Crippen molar-refractivity contribution in [2.24, 2.45) is 0 Å². The highest BCUT2D eigenvalue weighted by Crippen LogP contribution is 2.28. The molecule has 0 heterocycles. The molecule has 0 bridgehead atoms. The summed E-state index contributed by atoms with van der Waals surface area (Å²) >= 11 is 0. The third-order valence-corrected chi connectivity index (χ3v) is 4.04. The molecule has 0 unspecified atom stereocenters. The van der Waals surface area contributed by atoms with Crippen molar-refractivity contribution in [3.63, 3.8) is 0 Å². The second kappa shape index (κ2) is 9.56. The van der Waals surface area contributed by atoms with E-state index in [0.717, 1.165) is 5.56 Å². The first-order valence-corrected chi connectivity index (χ1v) is 8.54. The number of nitro benzene ring substituents is 1. The molecule has 1 atom stereocenters. The standard InChI is InChI=1S/C19H23N3O6/c1-12(11-23)21-16-6-5-14(22(25)26)9-15(16)19(24)20-10-13-4-7-17(27-2)18(8-13)28-3/h4-9,12,21,23H,10-11H2,1-3H3,(H,20,24)/t12-/m1/s1. The molecule has 2 rings (SSSR count). The van der Waals surface area contributed by atoms with Crippen molar-refractivity contribution in [2.45, 2.75) is 19.5 Å². The van der Waals surface area contributed by atoms with Gasteiger partial charge in [0.1, 0.15) is 0 Å². The van der Waals surface area contributed by atoms with Crippen LogP contribution in [0, 0.1) is 10.1 Å². The minimum atomic E-state index is -0.565. The molecule has 0 aromatic heterocycles. The van der Waals surface area contributed by atoms with Crippen LogP contribution in [0.25, 0.3) is 0 Å². The van der Waals surface area contributed by atoms with E-state index in [1.54, 1.807) is 25.1 Å². The van der Waals surface area contributed by atoms with Gasteiger partial charge < -0.3 is 25.2 Å². The first-order chi connectivity index (χ1) is 13.4. The van der Waals surface area contributed by atoms with E-state index in [-0.39, 0.29) is 30.4 Å². The number of aliphatic hydroxyl groups is 1. The lowest BCUT2D eigenvalue weighted by atomic mass is 10.1. The number of carbonyl (C=O) groups is 1. The van der Waals surface area contributed by atoms with Gasteiger partial charge in [-0.05, 0) is 30.7 Å². The summed E-state index contributed by atoms with van der Waals surface area (Å²) < 4.78 is 10.4. The maximum absolute atomic E-state index is 12.7. The van der Waals surface area contributed by atoms with Crippen molar-refractivity contribution in [3.8, 4) is 11.5 Å². The molecule has 1 amide bonds. The maximum Gasteiger partial charge on any atom is 0.270 e. The molecule has 2 aromatic rings. The third-order valence-electron chi connectivity index (χ3n) is 4.04. The van der Waals surface area contributed by atoms with E-state index in [4.69, 9.17) is 9.47 Å². The van der Waals surface area contributed by atoms with Gasteiger partial charge in [0, 0.05) is 30.4 Å². The molecule has 28 heavy (non-hydrogen) atoms. The highest BCUT2D eigenvalue weighted by atomic mass is 16.6. The van der Waals surface area contributed by atoms with Gasteiger partial charge in [-0.2, -0.15) is 0 Å². The lowest BCUT2D eigenvalue weighted by Gasteiger charge is -2.16. The lowest BCUT2D eigenvalue weighted by Crippen LogP contribution is -2.26. The number of nitro groups is 1. The fourth-order valence-electron chi connectivity index (χ4n) is 2.54. The van der Waals surface area contributed by atoms with Crippen LogP contribution in [-0.4, -0.2) is 42.8 Å². The van der Waals surface area contributed by atoms with E-state index >= 15 is 0 Å². The minimum Gasteiger partial charge on any atom is -0.493 e. The number of methoxy groups -OCH3 is 2. The molecule has 3 N–H and O–H groups in total. The zero-order chi connectivity index (χ0) is 20.7. The molecular formula is C19H23N3O6. The summed E-state index contributed by atoms with van der Waals surface area (Å²) in [6, 6.07) is 8.88. The fraction of sp³-hybridized carbons (Fsp3) is 0.316. The van der Waals surface area contributed by atoms with Gasteiger partial charge >= 0.3 is 0 Å². The van der Waals surface area contributed by atoms with Crippen molar-refractivity contribution in [1.82, 2.24) is 5.32 Å². The average molecular weight is 389 g/mol. The highest BCUT2D eigenvalue weighted by Gasteiger charge is 2.18. The molecule has 150 valence electrons. The second-order valence-corrected chi connectivity index (χ2v) is 6.09. The topological polar surface area (TPSA) is 123 Å². The van der Waals surface area contributed by atoms with Crippen LogP contribution < -0.4 is 20.1 Å². The molecule has 0 saturated carbocycles. The smallest absolute Gasteiger partial charge is 0.270 e. The van der Waals surface area contributed by atoms with Crippen LogP contribution in [0.15, 0.2) is 36.4 Å². The van der Waals surface area contributed by atoms with Gasteiger partial charge in [-0.15, -0.1) is 0 Å². The Morgan fingerprint density at radius 1 is 1.18 bits per heavy atom. The number of carbonyl (C=O) groups excluding carboxylic acids is 1. The number of rotatable bonds is 9. The number of amides is 1. The lowest BCUT2D eigenvalue weighted by molar-refractivity contribution is -0.384. The molecule has 0 spiro atoms. The van der Waals surface area contributed by atoms with Crippen LogP contribution >= 0.6 is 0 Å². The Morgan fingerprint density at radius 2 is 1.89 bits per heavy atom. The Hall–Kier alpha value is -3.33. The van der Waals surface area contributed by atoms with Gasteiger partial charge in [0.05, 0.1) is 31.3 Å². The first-order valence-electron chi connectivity index (χ1n) is 8.54. The van der Waals surface area contributed by atoms with E-state index in [0.29, 0.717) is 17.2 Å². The van der Waals surface area contributed by atoms with Gasteiger partial charge in [0.25, 0.3) is 11.6 Å². The molecule has 9 heteroatoms. The van der Waals surface area contributed by atoms with Crippen molar-refractivity contribution in [3.05, 3.63) is 57.6 Å². The second-order valence-electron chi connectivity index (χ2n) is 6.09. The predicted octanol–water partition coefficient (Wildman–Crippen LogP) is 2.33. The van der Waals surface area contributed by atoms with Gasteiger partial charge in [0.15, 0.2) is 11.5 Å². The number of nitrogens with one attached hydrogen (secondary N) is 2. The summed E-state index contributed by atoms with van der Waals surface area (Å²) in [5, 5.41) is 26.0. The fourth-order valence-corrected chi connectivity index (χ4v) is 2.54. The largest absolute Gasteiger partial charge is 0.493 e. The zero-order valence-corrected chi connectivity index (χ0v) is 15.9. The molecular weight excluding hydrogens is 366 g/mol.